The molecule has 1 heterocycles. The second-order valence-electron chi connectivity index (χ2n) is 5.12. The largest absolute Gasteiger partial charge is 0.454 e. The average Bonchev–Trinajstić information content (AvgIpc) is 3.00. The van der Waals surface area contributed by atoms with Gasteiger partial charge >= 0.3 is 0 Å². The Bertz CT molecular complexity index is 902. The summed E-state index contributed by atoms with van der Waals surface area (Å²) in [6.45, 7) is -0.0373. The van der Waals surface area contributed by atoms with Gasteiger partial charge in [-0.25, -0.2) is 21.6 Å². The molecule has 0 saturated carbocycles. The Balaban J connectivity index is 1.89. The van der Waals surface area contributed by atoms with Gasteiger partial charge in [0.05, 0.1) is 0 Å². The van der Waals surface area contributed by atoms with Crippen molar-refractivity contribution in [3.05, 3.63) is 53.3 Å². The van der Waals surface area contributed by atoms with Gasteiger partial charge in [-0.3, -0.25) is 0 Å². The molecule has 0 amide bonds. The molecule has 0 atom stereocenters. The highest BCUT2D eigenvalue weighted by atomic mass is 32.2. The van der Waals surface area contributed by atoms with E-state index < -0.39 is 32.4 Å². The van der Waals surface area contributed by atoms with Crippen molar-refractivity contribution in [1.82, 2.24) is 4.31 Å². The quantitative estimate of drug-likeness (QED) is 0.788. The van der Waals surface area contributed by atoms with Crippen molar-refractivity contribution in [3.63, 3.8) is 0 Å². The molecule has 1 aliphatic rings. The van der Waals surface area contributed by atoms with Crippen LogP contribution in [0.2, 0.25) is 0 Å². The number of fused-ring (bicyclic) bond motifs is 1. The summed E-state index contributed by atoms with van der Waals surface area (Å²) in [7, 11) is -3.13. The van der Waals surface area contributed by atoms with E-state index in [0.717, 1.165) is 4.31 Å². The third-order valence-corrected chi connectivity index (χ3v) is 5.35. The van der Waals surface area contributed by atoms with Crippen molar-refractivity contribution >= 4 is 10.0 Å². The fourth-order valence-corrected chi connectivity index (χ4v) is 3.47. The number of ether oxygens (including phenoxy) is 2. The Morgan fingerprint density at radius 3 is 2.50 bits per heavy atom. The van der Waals surface area contributed by atoms with Crippen molar-refractivity contribution in [1.29, 1.82) is 0 Å². The summed E-state index contributed by atoms with van der Waals surface area (Å²) >= 11 is 0. The Labute approximate surface area is 136 Å². The van der Waals surface area contributed by atoms with Gasteiger partial charge in [0.1, 0.15) is 4.90 Å². The highest BCUT2D eigenvalue weighted by molar-refractivity contribution is 7.89. The lowest BCUT2D eigenvalue weighted by Crippen LogP contribution is -2.27. The maximum absolute atomic E-state index is 13.8. The molecule has 0 spiro atoms. The van der Waals surface area contributed by atoms with Crippen LogP contribution in [0.25, 0.3) is 0 Å². The third kappa shape index (κ3) is 2.80. The highest BCUT2D eigenvalue weighted by Gasteiger charge is 2.28. The van der Waals surface area contributed by atoms with E-state index >= 15 is 0 Å². The first-order valence-electron chi connectivity index (χ1n) is 6.79. The predicted molar refractivity (Wildman–Crippen MR) is 77.5 cm³/mol. The van der Waals surface area contributed by atoms with Crippen LogP contribution in [0, 0.1) is 17.5 Å². The molecule has 0 unspecified atom stereocenters. The van der Waals surface area contributed by atoms with E-state index in [-0.39, 0.29) is 13.3 Å². The Morgan fingerprint density at radius 1 is 1.04 bits per heavy atom. The molecule has 0 N–H and O–H groups in total. The smallest absolute Gasteiger partial charge is 0.246 e. The zero-order valence-electron chi connectivity index (χ0n) is 12.4. The molecule has 0 saturated heterocycles. The number of hydrogen-bond donors (Lipinski definition) is 0. The minimum Gasteiger partial charge on any atom is -0.454 e. The lowest BCUT2D eigenvalue weighted by atomic mass is 10.2. The van der Waals surface area contributed by atoms with Crippen LogP contribution in [0.15, 0.2) is 35.2 Å². The first-order valence-corrected chi connectivity index (χ1v) is 8.23. The minimum atomic E-state index is -4.34. The summed E-state index contributed by atoms with van der Waals surface area (Å²) < 4.78 is 76.0. The second-order valence-corrected chi connectivity index (χ2v) is 7.14. The SMILES string of the molecule is CN(Cc1ccc2c(c1)OCO2)S(=O)(=O)c1ccc(F)c(F)c1F. The number of halogens is 3. The van der Waals surface area contributed by atoms with Crippen molar-refractivity contribution in [2.24, 2.45) is 0 Å². The van der Waals surface area contributed by atoms with Gasteiger partial charge in [-0.05, 0) is 29.8 Å². The molecule has 0 fully saturated rings. The zero-order chi connectivity index (χ0) is 17.5. The molecule has 0 bridgehead atoms. The zero-order valence-corrected chi connectivity index (χ0v) is 13.2. The molecule has 9 heteroatoms. The van der Waals surface area contributed by atoms with Crippen LogP contribution in [-0.2, 0) is 16.6 Å². The molecule has 1 aliphatic heterocycles. The van der Waals surface area contributed by atoms with Crippen LogP contribution in [0.4, 0.5) is 13.2 Å². The van der Waals surface area contributed by atoms with E-state index in [1.165, 1.54) is 7.05 Å². The van der Waals surface area contributed by atoms with Gasteiger partial charge < -0.3 is 9.47 Å². The van der Waals surface area contributed by atoms with Gasteiger partial charge in [0.25, 0.3) is 0 Å². The first kappa shape index (κ1) is 16.6. The molecular formula is C15H12F3NO4S. The standard InChI is InChI=1S/C15H12F3NO4S/c1-19(7-9-2-4-11-12(6-9)23-8-22-11)24(20,21)13-5-3-10(16)14(17)15(13)18/h2-6H,7-8H2,1H3. The molecule has 0 aromatic heterocycles. The Kier molecular flexibility index (Phi) is 4.14. The number of benzene rings is 2. The number of rotatable bonds is 4. The van der Waals surface area contributed by atoms with Crippen LogP contribution in [0.3, 0.4) is 0 Å². The summed E-state index contributed by atoms with van der Waals surface area (Å²) in [6, 6.07) is 6.10. The van der Waals surface area contributed by atoms with Crippen molar-refractivity contribution < 1.29 is 31.1 Å². The lowest BCUT2D eigenvalue weighted by Gasteiger charge is -2.18. The maximum Gasteiger partial charge on any atom is 0.246 e. The molecule has 128 valence electrons. The molecule has 3 rings (SSSR count). The molecule has 24 heavy (non-hydrogen) atoms. The van der Waals surface area contributed by atoms with Crippen LogP contribution < -0.4 is 9.47 Å². The van der Waals surface area contributed by atoms with Crippen LogP contribution in [0.1, 0.15) is 5.56 Å². The molecule has 2 aromatic carbocycles. The second kappa shape index (κ2) is 5.99. The van der Waals surface area contributed by atoms with E-state index in [1.807, 2.05) is 0 Å². The van der Waals surface area contributed by atoms with Gasteiger partial charge in [-0.2, -0.15) is 4.31 Å². The van der Waals surface area contributed by atoms with Crippen LogP contribution in [-0.4, -0.2) is 26.6 Å². The maximum atomic E-state index is 13.8. The third-order valence-electron chi connectivity index (χ3n) is 3.53. The minimum absolute atomic E-state index is 0.0764. The van der Waals surface area contributed by atoms with E-state index in [9.17, 15) is 21.6 Å². The van der Waals surface area contributed by atoms with Crippen LogP contribution >= 0.6 is 0 Å². The van der Waals surface area contributed by atoms with Gasteiger partial charge in [0.2, 0.25) is 16.8 Å². The molecule has 0 radical (unpaired) electrons. The number of nitrogens with zero attached hydrogens (tertiary/aromatic N) is 1. The normalized spacial score (nSPS) is 13.5. The lowest BCUT2D eigenvalue weighted by molar-refractivity contribution is 0.174. The summed E-state index contributed by atoms with van der Waals surface area (Å²) in [5.74, 6) is -4.02. The van der Waals surface area contributed by atoms with Crippen LogP contribution in [0.5, 0.6) is 11.5 Å². The molecule has 0 aliphatic carbocycles. The Morgan fingerprint density at radius 2 is 1.75 bits per heavy atom. The highest BCUT2D eigenvalue weighted by Crippen LogP contribution is 2.33. The fraction of sp³-hybridized carbons (Fsp3) is 0.200. The topological polar surface area (TPSA) is 55.8 Å². The van der Waals surface area contributed by atoms with Crippen molar-refractivity contribution in [2.75, 3.05) is 13.8 Å². The summed E-state index contributed by atoms with van der Waals surface area (Å²) in [5, 5.41) is 0. The van der Waals surface area contributed by atoms with Gasteiger partial charge in [0, 0.05) is 13.6 Å². The summed E-state index contributed by atoms with van der Waals surface area (Å²) in [6.07, 6.45) is 0. The summed E-state index contributed by atoms with van der Waals surface area (Å²) in [4.78, 5) is -0.926. The van der Waals surface area contributed by atoms with Gasteiger partial charge in [0.15, 0.2) is 29.0 Å². The Hall–Kier alpha value is -2.26. The molecule has 5 nitrogen and oxygen atoms in total. The van der Waals surface area contributed by atoms with Crippen molar-refractivity contribution in [3.8, 4) is 11.5 Å². The summed E-state index contributed by atoms with van der Waals surface area (Å²) in [5.41, 5.74) is 0.563. The van der Waals surface area contributed by atoms with E-state index in [4.69, 9.17) is 9.47 Å². The first-order chi connectivity index (χ1) is 11.3. The number of hydrogen-bond acceptors (Lipinski definition) is 4. The average molecular weight is 359 g/mol. The van der Waals surface area contributed by atoms with Gasteiger partial charge in [-0.15, -0.1) is 0 Å². The van der Waals surface area contributed by atoms with Crippen molar-refractivity contribution in [2.45, 2.75) is 11.4 Å². The van der Waals surface area contributed by atoms with E-state index in [2.05, 4.69) is 0 Å². The number of sulfonamides is 1. The van der Waals surface area contributed by atoms with Gasteiger partial charge in [-0.1, -0.05) is 6.07 Å². The predicted octanol–water partition coefficient (Wildman–Crippen LogP) is 2.65. The van der Waals surface area contributed by atoms with E-state index in [0.29, 0.717) is 29.2 Å². The monoisotopic (exact) mass is 359 g/mol. The fourth-order valence-electron chi connectivity index (χ4n) is 2.26. The van der Waals surface area contributed by atoms with E-state index in [1.54, 1.807) is 18.2 Å². The molecule has 2 aromatic rings. The molecular weight excluding hydrogens is 347 g/mol.